The summed E-state index contributed by atoms with van der Waals surface area (Å²) in [5.41, 5.74) is 1.24. The van der Waals surface area contributed by atoms with Crippen molar-refractivity contribution in [2.75, 3.05) is 26.9 Å². The Bertz CT molecular complexity index is 468. The van der Waals surface area contributed by atoms with Crippen molar-refractivity contribution in [3.8, 4) is 5.75 Å². The third kappa shape index (κ3) is 5.03. The summed E-state index contributed by atoms with van der Waals surface area (Å²) in [4.78, 5) is 0. The normalized spacial score (nSPS) is 10.7. The van der Waals surface area contributed by atoms with Crippen molar-refractivity contribution in [2.45, 2.75) is 13.1 Å². The van der Waals surface area contributed by atoms with Crippen LogP contribution < -0.4 is 10.1 Å². The largest absolute Gasteiger partial charge is 0.492 e. The number of ether oxygens (including phenoxy) is 2. The predicted molar refractivity (Wildman–Crippen MR) is 77.7 cm³/mol. The lowest BCUT2D eigenvalue weighted by atomic mass is 10.2. The molecule has 2 rings (SSSR count). The SMILES string of the molecule is COCCNCc1ccc(OCCn2cccn2)cc1. The van der Waals surface area contributed by atoms with Crippen LogP contribution in [-0.2, 0) is 17.8 Å². The quantitative estimate of drug-likeness (QED) is 0.708. The van der Waals surface area contributed by atoms with Crippen LogP contribution in [0.3, 0.4) is 0 Å². The fourth-order valence-corrected chi connectivity index (χ4v) is 1.80. The fraction of sp³-hybridized carbons (Fsp3) is 0.400. The van der Waals surface area contributed by atoms with E-state index >= 15 is 0 Å². The van der Waals surface area contributed by atoms with Gasteiger partial charge in [0.2, 0.25) is 0 Å². The second-order valence-electron chi connectivity index (χ2n) is 4.43. The number of aromatic nitrogens is 2. The van der Waals surface area contributed by atoms with E-state index in [2.05, 4.69) is 22.5 Å². The van der Waals surface area contributed by atoms with Crippen molar-refractivity contribution < 1.29 is 9.47 Å². The summed E-state index contributed by atoms with van der Waals surface area (Å²) in [6.07, 6.45) is 3.70. The maximum absolute atomic E-state index is 5.68. The highest BCUT2D eigenvalue weighted by Gasteiger charge is 1.97. The monoisotopic (exact) mass is 275 g/mol. The van der Waals surface area contributed by atoms with Gasteiger partial charge in [-0.25, -0.2) is 0 Å². The van der Waals surface area contributed by atoms with Gasteiger partial charge in [-0.2, -0.15) is 5.10 Å². The Labute approximate surface area is 119 Å². The molecule has 0 fully saturated rings. The fourth-order valence-electron chi connectivity index (χ4n) is 1.80. The first kappa shape index (κ1) is 14.6. The topological polar surface area (TPSA) is 48.3 Å². The molecule has 0 aliphatic rings. The highest BCUT2D eigenvalue weighted by molar-refractivity contribution is 5.27. The molecule has 2 aromatic rings. The smallest absolute Gasteiger partial charge is 0.119 e. The Morgan fingerprint density at radius 3 is 2.75 bits per heavy atom. The Morgan fingerprint density at radius 2 is 2.05 bits per heavy atom. The van der Waals surface area contributed by atoms with Crippen molar-refractivity contribution in [3.05, 3.63) is 48.3 Å². The minimum atomic E-state index is 0.618. The molecule has 5 heteroatoms. The number of hydrogen-bond donors (Lipinski definition) is 1. The molecule has 20 heavy (non-hydrogen) atoms. The number of rotatable bonds is 9. The van der Waals surface area contributed by atoms with Gasteiger partial charge in [0.25, 0.3) is 0 Å². The predicted octanol–water partition coefficient (Wildman–Crippen LogP) is 1.70. The average Bonchev–Trinajstić information content (AvgIpc) is 2.98. The van der Waals surface area contributed by atoms with Gasteiger partial charge in [-0.1, -0.05) is 12.1 Å². The molecular weight excluding hydrogens is 254 g/mol. The first-order valence-electron chi connectivity index (χ1n) is 6.77. The van der Waals surface area contributed by atoms with Crippen molar-refractivity contribution in [1.82, 2.24) is 15.1 Å². The number of methoxy groups -OCH3 is 1. The molecule has 1 aromatic carbocycles. The summed E-state index contributed by atoms with van der Waals surface area (Å²) in [5, 5.41) is 7.43. The van der Waals surface area contributed by atoms with Crippen LogP contribution in [0.4, 0.5) is 0 Å². The lowest BCUT2D eigenvalue weighted by Gasteiger charge is -2.08. The molecule has 0 unspecified atom stereocenters. The van der Waals surface area contributed by atoms with Gasteiger partial charge in [0.05, 0.1) is 13.2 Å². The highest BCUT2D eigenvalue weighted by atomic mass is 16.5. The minimum Gasteiger partial charge on any atom is -0.492 e. The third-order valence-corrected chi connectivity index (χ3v) is 2.88. The third-order valence-electron chi connectivity index (χ3n) is 2.88. The van der Waals surface area contributed by atoms with Crippen LogP contribution >= 0.6 is 0 Å². The van der Waals surface area contributed by atoms with Crippen molar-refractivity contribution in [3.63, 3.8) is 0 Å². The van der Waals surface area contributed by atoms with E-state index in [1.165, 1.54) is 5.56 Å². The molecule has 0 spiro atoms. The Morgan fingerprint density at radius 1 is 1.20 bits per heavy atom. The molecule has 0 aliphatic carbocycles. The summed E-state index contributed by atoms with van der Waals surface area (Å²) in [7, 11) is 1.71. The zero-order valence-corrected chi connectivity index (χ0v) is 11.8. The molecule has 5 nitrogen and oxygen atoms in total. The van der Waals surface area contributed by atoms with Crippen LogP contribution in [0.15, 0.2) is 42.7 Å². The zero-order chi connectivity index (χ0) is 14.0. The molecule has 0 aliphatic heterocycles. The molecular formula is C15H21N3O2. The molecule has 108 valence electrons. The Balaban J connectivity index is 1.68. The van der Waals surface area contributed by atoms with Crippen LogP contribution in [0.5, 0.6) is 5.75 Å². The van der Waals surface area contributed by atoms with Gasteiger partial charge in [0.15, 0.2) is 0 Å². The van der Waals surface area contributed by atoms with E-state index in [9.17, 15) is 0 Å². The summed E-state index contributed by atoms with van der Waals surface area (Å²) < 4.78 is 12.5. The second kappa shape index (κ2) is 8.35. The maximum atomic E-state index is 5.68. The van der Waals surface area contributed by atoms with Gasteiger partial charge >= 0.3 is 0 Å². The average molecular weight is 275 g/mol. The summed E-state index contributed by atoms with van der Waals surface area (Å²) in [5.74, 6) is 0.887. The van der Waals surface area contributed by atoms with Gasteiger partial charge < -0.3 is 14.8 Å². The van der Waals surface area contributed by atoms with E-state index in [1.807, 2.05) is 29.1 Å². The highest BCUT2D eigenvalue weighted by Crippen LogP contribution is 2.12. The van der Waals surface area contributed by atoms with Gasteiger partial charge in [-0.15, -0.1) is 0 Å². The summed E-state index contributed by atoms with van der Waals surface area (Å²) >= 11 is 0. The lowest BCUT2D eigenvalue weighted by Crippen LogP contribution is -2.18. The molecule has 0 saturated carbocycles. The zero-order valence-electron chi connectivity index (χ0n) is 11.8. The van der Waals surface area contributed by atoms with Gasteiger partial charge in [0, 0.05) is 32.6 Å². The maximum Gasteiger partial charge on any atom is 0.119 e. The van der Waals surface area contributed by atoms with Crippen molar-refractivity contribution >= 4 is 0 Å². The van der Waals surface area contributed by atoms with Crippen LogP contribution in [-0.4, -0.2) is 36.6 Å². The Kier molecular flexibility index (Phi) is 6.07. The first-order chi connectivity index (χ1) is 9.88. The molecule has 0 bridgehead atoms. The van der Waals surface area contributed by atoms with Crippen LogP contribution in [0.25, 0.3) is 0 Å². The van der Waals surface area contributed by atoms with E-state index in [-0.39, 0.29) is 0 Å². The lowest BCUT2D eigenvalue weighted by molar-refractivity contribution is 0.199. The van der Waals surface area contributed by atoms with Crippen LogP contribution in [0, 0.1) is 0 Å². The number of benzene rings is 1. The summed E-state index contributed by atoms with van der Waals surface area (Å²) in [6, 6.07) is 10.0. The Hall–Kier alpha value is -1.85. The minimum absolute atomic E-state index is 0.618. The molecule has 0 saturated heterocycles. The van der Waals surface area contributed by atoms with Gasteiger partial charge in [-0.3, -0.25) is 4.68 Å². The second-order valence-corrected chi connectivity index (χ2v) is 4.43. The van der Waals surface area contributed by atoms with E-state index < -0.39 is 0 Å². The molecule has 0 radical (unpaired) electrons. The van der Waals surface area contributed by atoms with Crippen LogP contribution in [0.1, 0.15) is 5.56 Å². The molecule has 1 aromatic heterocycles. The number of hydrogen-bond acceptors (Lipinski definition) is 4. The van der Waals surface area contributed by atoms with Crippen molar-refractivity contribution in [1.29, 1.82) is 0 Å². The number of nitrogens with one attached hydrogen (secondary N) is 1. The van der Waals surface area contributed by atoms with Crippen molar-refractivity contribution in [2.24, 2.45) is 0 Å². The molecule has 1 N–H and O–H groups in total. The van der Waals surface area contributed by atoms with Gasteiger partial charge in [0.1, 0.15) is 12.4 Å². The van der Waals surface area contributed by atoms with Gasteiger partial charge in [-0.05, 0) is 23.8 Å². The first-order valence-corrected chi connectivity index (χ1v) is 6.77. The van der Waals surface area contributed by atoms with E-state index in [0.29, 0.717) is 6.61 Å². The number of nitrogens with zero attached hydrogens (tertiary/aromatic N) is 2. The van der Waals surface area contributed by atoms with E-state index in [1.54, 1.807) is 13.3 Å². The van der Waals surface area contributed by atoms with E-state index in [0.717, 1.165) is 32.0 Å². The molecule has 0 atom stereocenters. The standard InChI is InChI=1S/C15H21N3O2/c1-19-11-8-16-13-14-3-5-15(6-4-14)20-12-10-18-9-2-7-17-18/h2-7,9,16H,8,10-13H2,1H3. The molecule has 1 heterocycles. The summed E-state index contributed by atoms with van der Waals surface area (Å²) in [6.45, 7) is 3.81. The van der Waals surface area contributed by atoms with E-state index in [4.69, 9.17) is 9.47 Å². The molecule has 0 amide bonds. The van der Waals surface area contributed by atoms with Crippen LogP contribution in [0.2, 0.25) is 0 Å².